The van der Waals surface area contributed by atoms with Crippen LogP contribution >= 0.6 is 11.6 Å². The molecular weight excluding hydrogens is 236 g/mol. The summed E-state index contributed by atoms with van der Waals surface area (Å²) in [7, 11) is 0. The van der Waals surface area contributed by atoms with Crippen LogP contribution in [0.1, 0.15) is 6.42 Å². The maximum absolute atomic E-state index is 5.98. The van der Waals surface area contributed by atoms with Gasteiger partial charge in [-0.1, -0.05) is 11.6 Å². The monoisotopic (exact) mass is 250 g/mol. The largest absolute Gasteiger partial charge is 0.397 e. The van der Waals surface area contributed by atoms with Gasteiger partial charge in [-0.25, -0.2) is 4.98 Å². The smallest absolute Gasteiger partial charge is 0.133 e. The lowest BCUT2D eigenvalue weighted by molar-refractivity contribution is 0.871. The third-order valence-electron chi connectivity index (χ3n) is 2.61. The molecule has 0 unspecified atom stereocenters. The third-order valence-corrected chi connectivity index (χ3v) is 2.94. The average molecular weight is 251 g/mol. The molecule has 0 aliphatic rings. The van der Waals surface area contributed by atoms with Gasteiger partial charge >= 0.3 is 0 Å². The average Bonchev–Trinajstić information content (AvgIpc) is 2.35. The number of fused-ring (bicyclic) bond motifs is 1. The van der Waals surface area contributed by atoms with E-state index < -0.39 is 0 Å². The van der Waals surface area contributed by atoms with Gasteiger partial charge in [0.25, 0.3) is 0 Å². The Kier molecular flexibility index (Phi) is 3.66. The van der Waals surface area contributed by atoms with Crippen molar-refractivity contribution in [2.24, 2.45) is 5.73 Å². The van der Waals surface area contributed by atoms with Crippen molar-refractivity contribution < 1.29 is 0 Å². The number of nitrogen functional groups attached to an aromatic ring is 1. The standard InChI is InChI=1S/C12H15ClN4/c13-10-3-2-9-8(11(10)15)4-7-17-12(9)16-6-1-5-14/h2-4,7H,1,5-6,14-15H2,(H,16,17). The van der Waals surface area contributed by atoms with Gasteiger partial charge in [0.2, 0.25) is 0 Å². The van der Waals surface area contributed by atoms with Crippen LogP contribution in [0, 0.1) is 0 Å². The Morgan fingerprint density at radius 3 is 2.82 bits per heavy atom. The lowest BCUT2D eigenvalue weighted by Gasteiger charge is -2.10. The van der Waals surface area contributed by atoms with Crippen LogP contribution in [-0.2, 0) is 0 Å². The van der Waals surface area contributed by atoms with Crippen LogP contribution in [0.25, 0.3) is 10.8 Å². The van der Waals surface area contributed by atoms with Crippen molar-refractivity contribution in [2.75, 3.05) is 24.1 Å². The van der Waals surface area contributed by atoms with Crippen molar-refractivity contribution in [3.8, 4) is 0 Å². The van der Waals surface area contributed by atoms with Crippen molar-refractivity contribution in [2.45, 2.75) is 6.42 Å². The van der Waals surface area contributed by atoms with E-state index in [0.29, 0.717) is 17.3 Å². The molecule has 2 aromatic rings. The molecule has 0 radical (unpaired) electrons. The second-order valence-corrected chi connectivity index (χ2v) is 4.19. The number of rotatable bonds is 4. The first kappa shape index (κ1) is 12.0. The molecule has 90 valence electrons. The van der Waals surface area contributed by atoms with E-state index in [2.05, 4.69) is 10.3 Å². The van der Waals surface area contributed by atoms with E-state index in [1.807, 2.05) is 12.1 Å². The van der Waals surface area contributed by atoms with Crippen molar-refractivity contribution in [3.63, 3.8) is 0 Å². The van der Waals surface area contributed by atoms with Gasteiger partial charge in [0.1, 0.15) is 5.82 Å². The van der Waals surface area contributed by atoms with Crippen molar-refractivity contribution in [1.29, 1.82) is 0 Å². The zero-order chi connectivity index (χ0) is 12.3. The Labute approximate surface area is 105 Å². The van der Waals surface area contributed by atoms with Crippen LogP contribution < -0.4 is 16.8 Å². The van der Waals surface area contributed by atoms with Crippen LogP contribution in [0.2, 0.25) is 5.02 Å². The summed E-state index contributed by atoms with van der Waals surface area (Å²) in [6, 6.07) is 5.57. The van der Waals surface area contributed by atoms with Gasteiger partial charge in [-0.05, 0) is 31.2 Å². The lowest BCUT2D eigenvalue weighted by Crippen LogP contribution is -2.09. The Hall–Kier alpha value is -1.52. The molecule has 0 aliphatic heterocycles. The number of pyridine rings is 1. The predicted octanol–water partition coefficient (Wildman–Crippen LogP) is 2.23. The number of benzene rings is 1. The summed E-state index contributed by atoms with van der Waals surface area (Å²) in [5, 5.41) is 5.71. The molecule has 17 heavy (non-hydrogen) atoms. The predicted molar refractivity (Wildman–Crippen MR) is 73.3 cm³/mol. The molecule has 2 rings (SSSR count). The zero-order valence-corrected chi connectivity index (χ0v) is 10.2. The van der Waals surface area contributed by atoms with E-state index >= 15 is 0 Å². The Balaban J connectivity index is 2.40. The van der Waals surface area contributed by atoms with Gasteiger partial charge in [0.05, 0.1) is 10.7 Å². The maximum Gasteiger partial charge on any atom is 0.133 e. The second kappa shape index (κ2) is 5.21. The minimum Gasteiger partial charge on any atom is -0.397 e. The summed E-state index contributed by atoms with van der Waals surface area (Å²) in [5.74, 6) is 0.819. The van der Waals surface area contributed by atoms with E-state index in [1.165, 1.54) is 0 Å². The maximum atomic E-state index is 5.98. The Bertz CT molecular complexity index is 527. The minimum atomic E-state index is 0.566. The molecule has 4 nitrogen and oxygen atoms in total. The Morgan fingerprint density at radius 1 is 1.24 bits per heavy atom. The third kappa shape index (κ3) is 2.43. The number of hydrogen-bond acceptors (Lipinski definition) is 4. The molecule has 1 heterocycles. The molecule has 1 aromatic heterocycles. The number of nitrogens with two attached hydrogens (primary N) is 2. The fourth-order valence-corrected chi connectivity index (χ4v) is 1.87. The minimum absolute atomic E-state index is 0.566. The molecule has 0 bridgehead atoms. The van der Waals surface area contributed by atoms with Gasteiger partial charge in [-0.15, -0.1) is 0 Å². The van der Waals surface area contributed by atoms with E-state index in [9.17, 15) is 0 Å². The van der Waals surface area contributed by atoms with E-state index in [1.54, 1.807) is 12.3 Å². The van der Waals surface area contributed by atoms with Gasteiger partial charge in [0.15, 0.2) is 0 Å². The second-order valence-electron chi connectivity index (χ2n) is 3.78. The SMILES string of the molecule is NCCCNc1nccc2c(N)c(Cl)ccc12. The normalized spacial score (nSPS) is 10.7. The fourth-order valence-electron chi connectivity index (χ4n) is 1.70. The van der Waals surface area contributed by atoms with E-state index in [-0.39, 0.29) is 0 Å². The lowest BCUT2D eigenvalue weighted by atomic mass is 10.1. The van der Waals surface area contributed by atoms with E-state index in [4.69, 9.17) is 23.1 Å². The van der Waals surface area contributed by atoms with Crippen molar-refractivity contribution in [3.05, 3.63) is 29.4 Å². The first-order valence-corrected chi connectivity index (χ1v) is 5.88. The summed E-state index contributed by atoms with van der Waals surface area (Å²) < 4.78 is 0. The molecule has 1 aromatic carbocycles. The molecule has 0 spiro atoms. The number of anilines is 2. The van der Waals surface area contributed by atoms with Crippen LogP contribution in [0.3, 0.4) is 0 Å². The Morgan fingerprint density at radius 2 is 2.06 bits per heavy atom. The van der Waals surface area contributed by atoms with Crippen LogP contribution in [0.5, 0.6) is 0 Å². The molecular formula is C12H15ClN4. The van der Waals surface area contributed by atoms with Gasteiger partial charge < -0.3 is 16.8 Å². The number of nitrogens with one attached hydrogen (secondary N) is 1. The topological polar surface area (TPSA) is 77.0 Å². The number of nitrogens with zero attached hydrogens (tertiary/aromatic N) is 1. The summed E-state index contributed by atoms with van der Waals surface area (Å²) in [6.07, 6.45) is 2.63. The fraction of sp³-hybridized carbons (Fsp3) is 0.250. The molecule has 5 N–H and O–H groups in total. The quantitative estimate of drug-likeness (QED) is 0.575. The zero-order valence-electron chi connectivity index (χ0n) is 9.41. The summed E-state index contributed by atoms with van der Waals surface area (Å²) in [6.45, 7) is 1.46. The molecule has 0 fully saturated rings. The van der Waals surface area contributed by atoms with Crippen LogP contribution in [0.15, 0.2) is 24.4 Å². The van der Waals surface area contributed by atoms with Crippen LogP contribution in [0.4, 0.5) is 11.5 Å². The molecule has 0 amide bonds. The highest BCUT2D eigenvalue weighted by Gasteiger charge is 2.06. The van der Waals surface area contributed by atoms with Crippen molar-refractivity contribution >= 4 is 33.9 Å². The highest BCUT2D eigenvalue weighted by Crippen LogP contribution is 2.31. The summed E-state index contributed by atoms with van der Waals surface area (Å²) in [4.78, 5) is 4.30. The van der Waals surface area contributed by atoms with Gasteiger partial charge in [-0.2, -0.15) is 0 Å². The first-order valence-electron chi connectivity index (χ1n) is 5.50. The highest BCUT2D eigenvalue weighted by atomic mass is 35.5. The van der Waals surface area contributed by atoms with Gasteiger partial charge in [-0.3, -0.25) is 0 Å². The first-order chi connectivity index (χ1) is 8.24. The van der Waals surface area contributed by atoms with Gasteiger partial charge in [0, 0.05) is 23.5 Å². The number of aromatic nitrogens is 1. The summed E-state index contributed by atoms with van der Waals surface area (Å²) >= 11 is 5.98. The molecule has 5 heteroatoms. The molecule has 0 saturated carbocycles. The molecule has 0 saturated heterocycles. The molecule has 0 aliphatic carbocycles. The number of halogens is 1. The van der Waals surface area contributed by atoms with Crippen molar-refractivity contribution in [1.82, 2.24) is 4.98 Å². The number of hydrogen-bond donors (Lipinski definition) is 3. The summed E-state index contributed by atoms with van der Waals surface area (Å²) in [5.41, 5.74) is 12.0. The molecule has 0 atom stereocenters. The van der Waals surface area contributed by atoms with E-state index in [0.717, 1.165) is 29.6 Å². The highest BCUT2D eigenvalue weighted by molar-refractivity contribution is 6.34. The van der Waals surface area contributed by atoms with Crippen LogP contribution in [-0.4, -0.2) is 18.1 Å².